The van der Waals surface area contributed by atoms with Gasteiger partial charge >= 0.3 is 0 Å². The second-order valence-electron chi connectivity index (χ2n) is 6.40. The van der Waals surface area contributed by atoms with Crippen molar-refractivity contribution in [2.75, 3.05) is 27.7 Å². The zero-order valence-corrected chi connectivity index (χ0v) is 16.7. The zero-order chi connectivity index (χ0) is 21.2. The summed E-state index contributed by atoms with van der Waals surface area (Å²) in [6.45, 7) is 0.840. The molecule has 0 aliphatic carbocycles. The maximum atomic E-state index is 11.9. The summed E-state index contributed by atoms with van der Waals surface area (Å²) >= 11 is 0. The molecule has 9 heteroatoms. The number of aliphatic imine (C=N–C) groups is 1. The van der Waals surface area contributed by atoms with Crippen LogP contribution in [0.2, 0.25) is 0 Å². The van der Waals surface area contributed by atoms with Crippen molar-refractivity contribution in [3.8, 4) is 5.75 Å². The van der Waals surface area contributed by atoms with Crippen molar-refractivity contribution in [1.82, 2.24) is 15.5 Å². The van der Waals surface area contributed by atoms with Crippen molar-refractivity contribution < 1.29 is 14.5 Å². The molecule has 2 N–H and O–H groups in total. The Kier molecular flexibility index (Phi) is 7.96. The number of carbonyl (C=O) groups excluding carboxylic acids is 1. The van der Waals surface area contributed by atoms with Gasteiger partial charge in [0.05, 0.1) is 25.1 Å². The minimum atomic E-state index is -0.443. The summed E-state index contributed by atoms with van der Waals surface area (Å²) in [4.78, 5) is 28.2. The van der Waals surface area contributed by atoms with E-state index in [2.05, 4.69) is 15.6 Å². The number of nitrogens with one attached hydrogen (secondary N) is 2. The molecule has 2 rings (SSSR count). The van der Waals surface area contributed by atoms with E-state index in [1.807, 2.05) is 24.3 Å². The van der Waals surface area contributed by atoms with Gasteiger partial charge in [-0.25, -0.2) is 4.99 Å². The van der Waals surface area contributed by atoms with Gasteiger partial charge in [-0.3, -0.25) is 14.9 Å². The molecule has 0 atom stereocenters. The van der Waals surface area contributed by atoms with Crippen LogP contribution >= 0.6 is 0 Å². The van der Waals surface area contributed by atoms with Crippen LogP contribution in [0.3, 0.4) is 0 Å². The number of hydrogen-bond acceptors (Lipinski definition) is 5. The molecular weight excluding hydrogens is 374 g/mol. The predicted octanol–water partition coefficient (Wildman–Crippen LogP) is 1.93. The highest BCUT2D eigenvalue weighted by Gasteiger charge is 2.08. The molecule has 9 nitrogen and oxygen atoms in total. The van der Waals surface area contributed by atoms with Crippen LogP contribution in [0, 0.1) is 10.1 Å². The fourth-order valence-electron chi connectivity index (χ4n) is 2.41. The first kappa shape index (κ1) is 21.7. The lowest BCUT2D eigenvalue weighted by molar-refractivity contribution is -0.384. The number of benzene rings is 2. The number of nitro groups is 1. The number of rotatable bonds is 8. The van der Waals surface area contributed by atoms with Crippen LogP contribution in [0.1, 0.15) is 11.1 Å². The molecule has 0 aliphatic rings. The van der Waals surface area contributed by atoms with E-state index in [0.717, 1.165) is 16.9 Å². The van der Waals surface area contributed by atoms with Gasteiger partial charge in [-0.15, -0.1) is 0 Å². The number of guanidine groups is 1. The van der Waals surface area contributed by atoms with E-state index in [1.165, 1.54) is 17.0 Å². The lowest BCUT2D eigenvalue weighted by Gasteiger charge is -2.16. The Morgan fingerprint density at radius 2 is 1.83 bits per heavy atom. The highest BCUT2D eigenvalue weighted by atomic mass is 16.6. The van der Waals surface area contributed by atoms with Crippen LogP contribution in [-0.2, 0) is 17.9 Å². The van der Waals surface area contributed by atoms with Crippen molar-refractivity contribution in [2.45, 2.75) is 13.1 Å². The third-order valence-corrected chi connectivity index (χ3v) is 4.11. The second-order valence-corrected chi connectivity index (χ2v) is 6.40. The Hall–Kier alpha value is -3.62. The van der Waals surface area contributed by atoms with Gasteiger partial charge in [0.15, 0.2) is 5.96 Å². The Morgan fingerprint density at radius 1 is 1.14 bits per heavy atom. The first-order valence-corrected chi connectivity index (χ1v) is 8.98. The van der Waals surface area contributed by atoms with Crippen molar-refractivity contribution in [1.29, 1.82) is 0 Å². The summed E-state index contributed by atoms with van der Waals surface area (Å²) in [5, 5.41) is 17.0. The summed E-state index contributed by atoms with van der Waals surface area (Å²) in [6, 6.07) is 13.8. The smallest absolute Gasteiger partial charge is 0.269 e. The van der Waals surface area contributed by atoms with Gasteiger partial charge in [0.25, 0.3) is 5.69 Å². The van der Waals surface area contributed by atoms with Crippen LogP contribution in [0.4, 0.5) is 5.69 Å². The molecule has 0 aliphatic heterocycles. The monoisotopic (exact) mass is 399 g/mol. The molecule has 0 saturated carbocycles. The second kappa shape index (κ2) is 10.6. The van der Waals surface area contributed by atoms with Crippen LogP contribution in [0.15, 0.2) is 53.5 Å². The maximum absolute atomic E-state index is 11.9. The molecule has 2 aromatic carbocycles. The largest absolute Gasteiger partial charge is 0.496 e. The molecule has 0 heterocycles. The molecule has 0 saturated heterocycles. The van der Waals surface area contributed by atoms with E-state index in [1.54, 1.807) is 33.3 Å². The van der Waals surface area contributed by atoms with Crippen molar-refractivity contribution in [3.63, 3.8) is 0 Å². The van der Waals surface area contributed by atoms with Gasteiger partial charge in [0.1, 0.15) is 5.75 Å². The molecule has 0 aromatic heterocycles. The lowest BCUT2D eigenvalue weighted by atomic mass is 10.2. The molecule has 29 heavy (non-hydrogen) atoms. The van der Waals surface area contributed by atoms with Gasteiger partial charge in [0.2, 0.25) is 5.91 Å². The standard InChI is InChI=1S/C20H25N5O4/c1-24(2)19(26)14-23-20(22-13-16-6-4-5-7-18(16)29-3)21-12-15-8-10-17(11-9-15)25(27)28/h4-11H,12-14H2,1-3H3,(H2,21,22,23). The minimum Gasteiger partial charge on any atom is -0.496 e. The SMILES string of the molecule is COc1ccccc1CNC(=NCc1ccc([N+](=O)[O-])cc1)NCC(=O)N(C)C. The molecule has 0 spiro atoms. The van der Waals surface area contributed by atoms with Gasteiger partial charge in [-0.05, 0) is 11.6 Å². The molecule has 0 fully saturated rings. The molecule has 2 aromatic rings. The van der Waals surface area contributed by atoms with Crippen LogP contribution in [0.25, 0.3) is 0 Å². The van der Waals surface area contributed by atoms with E-state index in [4.69, 9.17) is 4.74 Å². The number of non-ortho nitro benzene ring substituents is 1. The number of carbonyl (C=O) groups is 1. The number of nitro benzene ring substituents is 1. The molecule has 154 valence electrons. The Bertz CT molecular complexity index is 865. The van der Waals surface area contributed by atoms with Crippen LogP contribution in [0.5, 0.6) is 5.75 Å². The Balaban J connectivity index is 2.09. The van der Waals surface area contributed by atoms with E-state index in [-0.39, 0.29) is 18.1 Å². The summed E-state index contributed by atoms with van der Waals surface area (Å²) in [6.07, 6.45) is 0. The number of likely N-dealkylation sites (N-methyl/N-ethyl adjacent to an activating group) is 1. The first-order valence-electron chi connectivity index (χ1n) is 8.98. The molecule has 0 unspecified atom stereocenters. The van der Waals surface area contributed by atoms with E-state index in [0.29, 0.717) is 19.0 Å². The summed E-state index contributed by atoms with van der Waals surface area (Å²) in [7, 11) is 4.97. The van der Waals surface area contributed by atoms with E-state index in [9.17, 15) is 14.9 Å². The number of methoxy groups -OCH3 is 1. The number of para-hydroxylation sites is 1. The topological polar surface area (TPSA) is 109 Å². The highest BCUT2D eigenvalue weighted by molar-refractivity contribution is 5.86. The number of amides is 1. The average molecular weight is 399 g/mol. The molecule has 0 radical (unpaired) electrons. The normalized spacial score (nSPS) is 10.9. The quantitative estimate of drug-likeness (QED) is 0.304. The van der Waals surface area contributed by atoms with Crippen LogP contribution < -0.4 is 15.4 Å². The fraction of sp³-hybridized carbons (Fsp3) is 0.300. The Labute approximate surface area is 169 Å². The molecule has 0 bridgehead atoms. The van der Waals surface area contributed by atoms with Gasteiger partial charge < -0.3 is 20.3 Å². The summed E-state index contributed by atoms with van der Waals surface area (Å²) in [5.41, 5.74) is 1.79. The lowest BCUT2D eigenvalue weighted by Crippen LogP contribution is -2.42. The van der Waals surface area contributed by atoms with Crippen LogP contribution in [-0.4, -0.2) is 49.4 Å². The fourth-order valence-corrected chi connectivity index (χ4v) is 2.41. The minimum absolute atomic E-state index is 0.0296. The van der Waals surface area contributed by atoms with Crippen molar-refractivity contribution in [3.05, 3.63) is 69.8 Å². The highest BCUT2D eigenvalue weighted by Crippen LogP contribution is 2.16. The van der Waals surface area contributed by atoms with Gasteiger partial charge in [-0.1, -0.05) is 30.3 Å². The molecular formula is C20H25N5O4. The number of ether oxygens (including phenoxy) is 1. The first-order chi connectivity index (χ1) is 13.9. The van der Waals surface area contributed by atoms with E-state index >= 15 is 0 Å². The predicted molar refractivity (Wildman–Crippen MR) is 111 cm³/mol. The molecule has 1 amide bonds. The third kappa shape index (κ3) is 6.80. The third-order valence-electron chi connectivity index (χ3n) is 4.11. The number of hydrogen-bond donors (Lipinski definition) is 2. The van der Waals surface area contributed by atoms with E-state index < -0.39 is 4.92 Å². The van der Waals surface area contributed by atoms with Crippen molar-refractivity contribution in [2.24, 2.45) is 4.99 Å². The number of nitrogens with zero attached hydrogens (tertiary/aromatic N) is 3. The summed E-state index contributed by atoms with van der Waals surface area (Å²) in [5.74, 6) is 1.11. The van der Waals surface area contributed by atoms with Crippen molar-refractivity contribution >= 4 is 17.6 Å². The average Bonchev–Trinajstić information content (AvgIpc) is 2.73. The Morgan fingerprint density at radius 3 is 2.45 bits per heavy atom. The maximum Gasteiger partial charge on any atom is 0.269 e. The summed E-state index contributed by atoms with van der Waals surface area (Å²) < 4.78 is 5.35. The zero-order valence-electron chi connectivity index (χ0n) is 16.7. The van der Waals surface area contributed by atoms with Gasteiger partial charge in [-0.2, -0.15) is 0 Å². The van der Waals surface area contributed by atoms with Gasteiger partial charge in [0, 0.05) is 38.3 Å².